The molecular weight excluding hydrogens is 444 g/mol. The number of hydrogen-bond acceptors (Lipinski definition) is 5. The van der Waals surface area contributed by atoms with Crippen LogP contribution in [0.4, 0.5) is 22.4 Å². The zero-order valence-electron chi connectivity index (χ0n) is 18.8. The Morgan fingerprint density at radius 2 is 1.97 bits per heavy atom. The molecule has 1 fully saturated rings. The SMILES string of the molecule is CC(C)(C)OC(=O)NC/C(=C\F)COC1=CC=C(c2nc(C3CC3)n(CC(F)(F)F)n2)CC1. The van der Waals surface area contributed by atoms with Gasteiger partial charge in [0, 0.05) is 24.5 Å². The second-order valence-corrected chi connectivity index (χ2v) is 9.08. The van der Waals surface area contributed by atoms with Crippen LogP contribution < -0.4 is 5.32 Å². The van der Waals surface area contributed by atoms with Crippen molar-refractivity contribution < 1.29 is 31.8 Å². The first-order valence-corrected chi connectivity index (χ1v) is 10.7. The number of amides is 1. The van der Waals surface area contributed by atoms with Crippen molar-refractivity contribution in [3.63, 3.8) is 0 Å². The highest BCUT2D eigenvalue weighted by Gasteiger charge is 2.35. The molecule has 3 rings (SSSR count). The van der Waals surface area contributed by atoms with E-state index in [1.54, 1.807) is 32.9 Å². The van der Waals surface area contributed by atoms with Gasteiger partial charge in [0.1, 0.15) is 24.6 Å². The Labute approximate surface area is 189 Å². The lowest BCUT2D eigenvalue weighted by atomic mass is 10.0. The molecule has 7 nitrogen and oxygen atoms in total. The van der Waals surface area contributed by atoms with E-state index in [9.17, 15) is 22.4 Å². The van der Waals surface area contributed by atoms with Crippen LogP contribution in [0.2, 0.25) is 0 Å². The Morgan fingerprint density at radius 1 is 1.24 bits per heavy atom. The van der Waals surface area contributed by atoms with Gasteiger partial charge in [-0.25, -0.2) is 18.9 Å². The third kappa shape index (κ3) is 7.90. The summed E-state index contributed by atoms with van der Waals surface area (Å²) in [6.45, 7) is 3.89. The number of allylic oxidation sites excluding steroid dienone is 4. The molecule has 1 aromatic heterocycles. The van der Waals surface area contributed by atoms with Gasteiger partial charge in [-0.3, -0.25) is 0 Å². The van der Waals surface area contributed by atoms with E-state index >= 15 is 0 Å². The Hall–Kier alpha value is -2.85. The highest BCUT2D eigenvalue weighted by molar-refractivity contribution is 5.68. The average molecular weight is 472 g/mol. The Balaban J connectivity index is 1.56. The Kier molecular flexibility index (Phi) is 7.48. The molecule has 0 bridgehead atoms. The quantitative estimate of drug-likeness (QED) is 0.528. The van der Waals surface area contributed by atoms with Gasteiger partial charge in [-0.15, -0.1) is 0 Å². The molecule has 2 aliphatic carbocycles. The van der Waals surface area contributed by atoms with E-state index < -0.39 is 24.4 Å². The summed E-state index contributed by atoms with van der Waals surface area (Å²) in [5.74, 6) is 1.30. The maximum Gasteiger partial charge on any atom is 0.408 e. The molecule has 0 radical (unpaired) electrons. The second-order valence-electron chi connectivity index (χ2n) is 9.08. The van der Waals surface area contributed by atoms with Crippen molar-refractivity contribution in [2.24, 2.45) is 0 Å². The number of nitrogens with one attached hydrogen (secondary N) is 1. The van der Waals surface area contributed by atoms with E-state index in [4.69, 9.17) is 9.47 Å². The van der Waals surface area contributed by atoms with Crippen LogP contribution >= 0.6 is 0 Å². The number of halogens is 4. The molecule has 182 valence electrons. The van der Waals surface area contributed by atoms with Crippen LogP contribution in [0.1, 0.15) is 64.0 Å². The highest BCUT2D eigenvalue weighted by Crippen LogP contribution is 2.40. The fourth-order valence-electron chi connectivity index (χ4n) is 3.15. The summed E-state index contributed by atoms with van der Waals surface area (Å²) >= 11 is 0. The van der Waals surface area contributed by atoms with Gasteiger partial charge in [-0.05, 0) is 51.7 Å². The maximum absolute atomic E-state index is 13.1. The molecule has 2 aliphatic rings. The van der Waals surface area contributed by atoms with Crippen LogP contribution in [0.3, 0.4) is 0 Å². The van der Waals surface area contributed by atoms with Gasteiger partial charge in [0.2, 0.25) is 0 Å². The number of carbonyl (C=O) groups excluding carboxylic acids is 1. The Morgan fingerprint density at radius 3 is 2.52 bits per heavy atom. The van der Waals surface area contributed by atoms with Crippen LogP contribution in [0.5, 0.6) is 0 Å². The number of carbonyl (C=O) groups is 1. The van der Waals surface area contributed by atoms with E-state index in [0.29, 0.717) is 36.6 Å². The number of ether oxygens (including phenoxy) is 2. The van der Waals surface area contributed by atoms with Crippen LogP contribution in [0, 0.1) is 0 Å². The van der Waals surface area contributed by atoms with Gasteiger partial charge in [-0.1, -0.05) is 6.08 Å². The Bertz CT molecular complexity index is 954. The van der Waals surface area contributed by atoms with Gasteiger partial charge in [0.15, 0.2) is 5.82 Å². The summed E-state index contributed by atoms with van der Waals surface area (Å²) < 4.78 is 63.4. The first-order valence-electron chi connectivity index (χ1n) is 10.7. The first kappa shape index (κ1) is 24.8. The predicted molar refractivity (Wildman–Crippen MR) is 113 cm³/mol. The predicted octanol–water partition coefficient (Wildman–Crippen LogP) is 5.17. The van der Waals surface area contributed by atoms with Crippen molar-refractivity contribution in [3.8, 4) is 0 Å². The lowest BCUT2D eigenvalue weighted by Crippen LogP contribution is -2.34. The van der Waals surface area contributed by atoms with Crippen molar-refractivity contribution in [1.29, 1.82) is 0 Å². The standard InChI is InChI=1S/C22H28F4N4O3/c1-21(2,3)33-20(31)27-11-14(10-23)12-32-17-8-6-15(7-9-17)18-28-19(16-4-5-16)30(29-18)13-22(24,25)26/h6,8,10,16H,4-5,7,9,11-13H2,1-3H3,(H,27,31)/b14-10+. The van der Waals surface area contributed by atoms with E-state index in [0.717, 1.165) is 23.1 Å². The van der Waals surface area contributed by atoms with Gasteiger partial charge in [0.25, 0.3) is 0 Å². The topological polar surface area (TPSA) is 78.3 Å². The van der Waals surface area contributed by atoms with Crippen molar-refractivity contribution in [1.82, 2.24) is 20.1 Å². The summed E-state index contributed by atoms with van der Waals surface area (Å²) in [5.41, 5.74) is 0.282. The van der Waals surface area contributed by atoms with Crippen LogP contribution in [0.25, 0.3) is 5.57 Å². The minimum Gasteiger partial charge on any atom is -0.493 e. The molecule has 0 atom stereocenters. The third-order valence-electron chi connectivity index (χ3n) is 4.83. The van der Waals surface area contributed by atoms with Crippen molar-refractivity contribution in [3.05, 3.63) is 41.5 Å². The molecule has 0 saturated heterocycles. The smallest absolute Gasteiger partial charge is 0.408 e. The van der Waals surface area contributed by atoms with Gasteiger partial charge >= 0.3 is 12.3 Å². The fraction of sp³-hybridized carbons (Fsp3) is 0.591. The highest BCUT2D eigenvalue weighted by atomic mass is 19.4. The molecule has 1 heterocycles. The zero-order chi connectivity index (χ0) is 24.2. The lowest BCUT2D eigenvalue weighted by Gasteiger charge is -2.20. The summed E-state index contributed by atoms with van der Waals surface area (Å²) in [5, 5.41) is 6.56. The van der Waals surface area contributed by atoms with E-state index in [1.807, 2.05) is 0 Å². The molecule has 1 saturated carbocycles. The van der Waals surface area contributed by atoms with Crippen molar-refractivity contribution in [2.45, 2.75) is 70.7 Å². The third-order valence-corrected chi connectivity index (χ3v) is 4.83. The molecule has 0 aliphatic heterocycles. The second kappa shape index (κ2) is 9.96. The number of alkyl halides is 3. The monoisotopic (exact) mass is 472 g/mol. The normalized spacial score (nSPS) is 17.4. The molecule has 0 spiro atoms. The van der Waals surface area contributed by atoms with Gasteiger partial charge in [-0.2, -0.15) is 18.3 Å². The number of aromatic nitrogens is 3. The van der Waals surface area contributed by atoms with E-state index in [2.05, 4.69) is 15.4 Å². The average Bonchev–Trinajstić information content (AvgIpc) is 3.47. The summed E-state index contributed by atoms with van der Waals surface area (Å²) in [6.07, 6.45) is 1.33. The minimum absolute atomic E-state index is 0.0347. The molecule has 1 amide bonds. The minimum atomic E-state index is -4.36. The molecule has 11 heteroatoms. The lowest BCUT2D eigenvalue weighted by molar-refractivity contribution is -0.143. The number of alkyl carbamates (subject to hydrolysis) is 1. The van der Waals surface area contributed by atoms with Crippen molar-refractivity contribution >= 4 is 11.7 Å². The summed E-state index contributed by atoms with van der Waals surface area (Å²) in [6, 6.07) is 0. The van der Waals surface area contributed by atoms with Crippen LogP contribution in [-0.2, 0) is 16.0 Å². The molecule has 1 aromatic rings. The van der Waals surface area contributed by atoms with Gasteiger partial charge < -0.3 is 14.8 Å². The fourth-order valence-corrected chi connectivity index (χ4v) is 3.15. The maximum atomic E-state index is 13.1. The van der Waals surface area contributed by atoms with E-state index in [1.165, 1.54) is 0 Å². The summed E-state index contributed by atoms with van der Waals surface area (Å²) in [4.78, 5) is 16.0. The summed E-state index contributed by atoms with van der Waals surface area (Å²) in [7, 11) is 0. The number of nitrogens with zero attached hydrogens (tertiary/aromatic N) is 3. The van der Waals surface area contributed by atoms with Crippen molar-refractivity contribution in [2.75, 3.05) is 13.2 Å². The van der Waals surface area contributed by atoms with Crippen LogP contribution in [-0.4, -0.2) is 45.8 Å². The number of rotatable bonds is 8. The largest absolute Gasteiger partial charge is 0.493 e. The van der Waals surface area contributed by atoms with E-state index in [-0.39, 0.29) is 24.6 Å². The van der Waals surface area contributed by atoms with Gasteiger partial charge in [0.05, 0.1) is 12.1 Å². The first-order chi connectivity index (χ1) is 15.4. The molecule has 0 unspecified atom stereocenters. The molecular formula is C22H28F4N4O3. The zero-order valence-corrected chi connectivity index (χ0v) is 18.8. The molecule has 33 heavy (non-hydrogen) atoms. The molecule has 1 N–H and O–H groups in total. The number of hydrogen-bond donors (Lipinski definition) is 1. The molecule has 0 aromatic carbocycles. The van der Waals surface area contributed by atoms with Crippen LogP contribution in [0.15, 0.2) is 29.8 Å².